The second-order valence-electron chi connectivity index (χ2n) is 12.0. The molecule has 2 N–H and O–H groups in total. The molecule has 0 aliphatic carbocycles. The van der Waals surface area contributed by atoms with Crippen LogP contribution in [0.15, 0.2) is 18.2 Å². The number of amides is 3. The van der Waals surface area contributed by atoms with Crippen molar-refractivity contribution in [1.82, 2.24) is 15.5 Å². The highest BCUT2D eigenvalue weighted by molar-refractivity contribution is 5.93. The van der Waals surface area contributed by atoms with E-state index in [1.54, 1.807) is 32.6 Å². The Labute approximate surface area is 234 Å². The van der Waals surface area contributed by atoms with Gasteiger partial charge in [-0.2, -0.15) is 0 Å². The lowest BCUT2D eigenvalue weighted by Gasteiger charge is -2.44. The minimum atomic E-state index is -1.01. The van der Waals surface area contributed by atoms with Crippen molar-refractivity contribution < 1.29 is 28.7 Å². The molecular weight excluding hydrogens is 498 g/mol. The van der Waals surface area contributed by atoms with Gasteiger partial charge < -0.3 is 25.0 Å². The predicted octanol–water partition coefficient (Wildman–Crippen LogP) is 4.98. The molecule has 0 heterocycles. The summed E-state index contributed by atoms with van der Waals surface area (Å²) in [6, 6.07) is 3.83. The molecule has 9 heteroatoms. The van der Waals surface area contributed by atoms with E-state index in [-0.39, 0.29) is 25.5 Å². The molecule has 1 aromatic rings. The van der Waals surface area contributed by atoms with E-state index in [2.05, 4.69) is 10.6 Å². The molecule has 3 amide bonds. The molecule has 0 aromatic heterocycles. The summed E-state index contributed by atoms with van der Waals surface area (Å²) in [5.41, 5.74) is 0.904. The minimum Gasteiger partial charge on any atom is -0.466 e. The summed E-state index contributed by atoms with van der Waals surface area (Å²) in [5, 5.41) is 5.61. The van der Waals surface area contributed by atoms with Crippen LogP contribution in [0.1, 0.15) is 97.9 Å². The van der Waals surface area contributed by atoms with Crippen molar-refractivity contribution in [2.75, 3.05) is 13.2 Å². The number of carbonyl (C=O) groups excluding carboxylic acids is 4. The molecule has 9 nitrogen and oxygen atoms in total. The molecule has 3 atom stereocenters. The molecule has 0 aliphatic heterocycles. The number of carbonyl (C=O) groups is 4. The van der Waals surface area contributed by atoms with Crippen LogP contribution in [0.5, 0.6) is 0 Å². The number of hydrogen-bond acceptors (Lipinski definition) is 6. The maximum Gasteiger partial charge on any atom is 0.408 e. The molecule has 0 saturated heterocycles. The minimum absolute atomic E-state index is 0.0122. The first-order chi connectivity index (χ1) is 17.9. The summed E-state index contributed by atoms with van der Waals surface area (Å²) in [6.07, 6.45) is -0.0698. The monoisotopic (exact) mass is 547 g/mol. The molecular formula is C30H49N3O6. The number of rotatable bonds is 11. The van der Waals surface area contributed by atoms with Gasteiger partial charge in [0.1, 0.15) is 17.7 Å². The molecule has 3 unspecified atom stereocenters. The molecule has 39 heavy (non-hydrogen) atoms. The highest BCUT2D eigenvalue weighted by Gasteiger charge is 2.43. The lowest BCUT2D eigenvalue weighted by atomic mass is 9.89. The first-order valence-electron chi connectivity index (χ1n) is 13.8. The number of aryl methyl sites for hydroxylation is 2. The fourth-order valence-electron chi connectivity index (χ4n) is 4.18. The standard InChI is InChI=1S/C30H49N3O6/c1-12-20(4)24(32-28(37)39-30(9,10)11)27(36)33(29(6,7)8)25(22-18-19(3)14-15-21(22)5)26(35)31-17-16-23(34)38-13-2/h14-15,18,20,24-25H,12-13,16-17H2,1-11H3,(H,31,35)(H,32,37). The van der Waals surface area contributed by atoms with Gasteiger partial charge in [0.15, 0.2) is 0 Å². The Hall–Kier alpha value is -3.10. The van der Waals surface area contributed by atoms with E-state index in [4.69, 9.17) is 9.47 Å². The fraction of sp³-hybridized carbons (Fsp3) is 0.667. The largest absolute Gasteiger partial charge is 0.466 e. The van der Waals surface area contributed by atoms with E-state index in [9.17, 15) is 19.2 Å². The Morgan fingerprint density at radius 2 is 1.62 bits per heavy atom. The average molecular weight is 548 g/mol. The molecule has 0 fully saturated rings. The van der Waals surface area contributed by atoms with Crippen molar-refractivity contribution in [3.63, 3.8) is 0 Å². The van der Waals surface area contributed by atoms with E-state index in [1.807, 2.05) is 66.7 Å². The van der Waals surface area contributed by atoms with Gasteiger partial charge >= 0.3 is 12.1 Å². The Bertz CT molecular complexity index is 1010. The number of nitrogens with zero attached hydrogens (tertiary/aromatic N) is 1. The second kappa shape index (κ2) is 14.3. The van der Waals surface area contributed by atoms with Gasteiger partial charge in [-0.3, -0.25) is 14.4 Å². The molecule has 0 aliphatic rings. The molecule has 0 spiro atoms. The van der Waals surface area contributed by atoms with Gasteiger partial charge in [-0.15, -0.1) is 0 Å². The highest BCUT2D eigenvalue weighted by atomic mass is 16.6. The van der Waals surface area contributed by atoms with Crippen molar-refractivity contribution >= 4 is 23.9 Å². The summed E-state index contributed by atoms with van der Waals surface area (Å²) in [5.74, 6) is -1.46. The van der Waals surface area contributed by atoms with Gasteiger partial charge in [0.25, 0.3) is 0 Å². The summed E-state index contributed by atoms with van der Waals surface area (Å²) in [6.45, 7) is 20.5. The second-order valence-corrected chi connectivity index (χ2v) is 12.0. The van der Waals surface area contributed by atoms with Crippen LogP contribution in [-0.4, -0.2) is 59.1 Å². The Morgan fingerprint density at radius 1 is 1.00 bits per heavy atom. The number of ether oxygens (including phenoxy) is 2. The molecule has 0 saturated carbocycles. The Kier molecular flexibility index (Phi) is 12.5. The van der Waals surface area contributed by atoms with Crippen LogP contribution in [0.4, 0.5) is 4.79 Å². The zero-order valence-corrected chi connectivity index (χ0v) is 25.7. The van der Waals surface area contributed by atoms with Crippen molar-refractivity contribution in [3.05, 3.63) is 34.9 Å². The van der Waals surface area contributed by atoms with Crippen LogP contribution < -0.4 is 10.6 Å². The number of hydrogen-bond donors (Lipinski definition) is 2. The van der Waals surface area contributed by atoms with Crippen LogP contribution in [-0.2, 0) is 23.9 Å². The third-order valence-electron chi connectivity index (χ3n) is 6.28. The van der Waals surface area contributed by atoms with E-state index in [0.29, 0.717) is 12.0 Å². The van der Waals surface area contributed by atoms with E-state index < -0.39 is 47.1 Å². The topological polar surface area (TPSA) is 114 Å². The summed E-state index contributed by atoms with van der Waals surface area (Å²) in [4.78, 5) is 54.4. The van der Waals surface area contributed by atoms with Crippen molar-refractivity contribution in [1.29, 1.82) is 0 Å². The molecule has 0 bridgehead atoms. The van der Waals surface area contributed by atoms with Gasteiger partial charge in [0.05, 0.1) is 13.0 Å². The molecule has 1 rings (SSSR count). The smallest absolute Gasteiger partial charge is 0.408 e. The Balaban J connectivity index is 3.60. The van der Waals surface area contributed by atoms with Crippen LogP contribution in [0.3, 0.4) is 0 Å². The van der Waals surface area contributed by atoms with Crippen LogP contribution in [0.25, 0.3) is 0 Å². The van der Waals surface area contributed by atoms with E-state index >= 15 is 0 Å². The van der Waals surface area contributed by atoms with Gasteiger partial charge in [0.2, 0.25) is 11.8 Å². The van der Waals surface area contributed by atoms with E-state index in [0.717, 1.165) is 11.1 Å². The first-order valence-corrected chi connectivity index (χ1v) is 13.8. The van der Waals surface area contributed by atoms with Crippen molar-refractivity contribution in [2.45, 2.75) is 112 Å². The van der Waals surface area contributed by atoms with Crippen LogP contribution in [0.2, 0.25) is 0 Å². The van der Waals surface area contributed by atoms with Crippen molar-refractivity contribution in [2.24, 2.45) is 5.92 Å². The SMILES string of the molecule is CCOC(=O)CCNC(=O)C(c1cc(C)ccc1C)N(C(=O)C(NC(=O)OC(C)(C)C)C(C)CC)C(C)(C)C. The lowest BCUT2D eigenvalue weighted by molar-refractivity contribution is -0.150. The molecule has 1 aromatic carbocycles. The number of nitrogens with one attached hydrogen (secondary N) is 2. The lowest BCUT2D eigenvalue weighted by Crippen LogP contribution is -2.60. The predicted molar refractivity (Wildman–Crippen MR) is 152 cm³/mol. The highest BCUT2D eigenvalue weighted by Crippen LogP contribution is 2.33. The van der Waals surface area contributed by atoms with E-state index in [1.165, 1.54) is 0 Å². The number of alkyl carbamates (subject to hydrolysis) is 1. The number of esters is 1. The third-order valence-corrected chi connectivity index (χ3v) is 6.28. The van der Waals surface area contributed by atoms with Crippen molar-refractivity contribution in [3.8, 4) is 0 Å². The summed E-state index contributed by atoms with van der Waals surface area (Å²) in [7, 11) is 0. The van der Waals surface area contributed by atoms with Gasteiger partial charge in [-0.1, -0.05) is 44.0 Å². The first kappa shape index (κ1) is 33.9. The Morgan fingerprint density at radius 3 is 2.13 bits per heavy atom. The normalized spacial score (nSPS) is 14.0. The average Bonchev–Trinajstić information content (AvgIpc) is 2.80. The third kappa shape index (κ3) is 10.5. The zero-order chi connectivity index (χ0) is 30.1. The maximum absolute atomic E-state index is 14.4. The maximum atomic E-state index is 14.4. The summed E-state index contributed by atoms with van der Waals surface area (Å²) < 4.78 is 10.4. The molecule has 0 radical (unpaired) electrons. The zero-order valence-electron chi connectivity index (χ0n) is 25.7. The van der Waals surface area contributed by atoms with Crippen LogP contribution in [0, 0.1) is 19.8 Å². The molecule has 220 valence electrons. The number of benzene rings is 1. The quantitative estimate of drug-likeness (QED) is 0.378. The fourth-order valence-corrected chi connectivity index (χ4v) is 4.18. The van der Waals surface area contributed by atoms with Gasteiger partial charge in [-0.05, 0) is 79.4 Å². The summed E-state index contributed by atoms with van der Waals surface area (Å²) >= 11 is 0. The van der Waals surface area contributed by atoms with Crippen LogP contribution >= 0.6 is 0 Å². The van der Waals surface area contributed by atoms with Gasteiger partial charge in [0, 0.05) is 12.1 Å². The van der Waals surface area contributed by atoms with Gasteiger partial charge in [-0.25, -0.2) is 4.79 Å².